The predicted octanol–water partition coefficient (Wildman–Crippen LogP) is 1.41. The number of nitrogens with one attached hydrogen (secondary N) is 1. The molecule has 0 saturated carbocycles. The Bertz CT molecular complexity index is 361. The zero-order valence-corrected chi connectivity index (χ0v) is 11.6. The summed E-state index contributed by atoms with van der Waals surface area (Å²) >= 11 is 0. The average Bonchev–Trinajstić information content (AvgIpc) is 2.48. The van der Waals surface area contributed by atoms with Crippen LogP contribution in [-0.4, -0.2) is 49.4 Å². The van der Waals surface area contributed by atoms with Gasteiger partial charge in [0.2, 0.25) is 0 Å². The third-order valence-electron chi connectivity index (χ3n) is 3.50. The van der Waals surface area contributed by atoms with Crippen LogP contribution in [-0.2, 0) is 0 Å². The van der Waals surface area contributed by atoms with E-state index in [-0.39, 0.29) is 12.6 Å². The smallest absolute Gasteiger partial charge is 0.119 e. The fraction of sp³-hybridized carbons (Fsp3) is 0.600. The Labute approximate surface area is 115 Å². The SMILES string of the molecule is CCCOc1ccc(C(CO)N2CCNCC2)cc1. The van der Waals surface area contributed by atoms with Crippen LogP contribution in [0.2, 0.25) is 0 Å². The molecule has 1 aliphatic heterocycles. The molecule has 1 unspecified atom stereocenters. The van der Waals surface area contributed by atoms with E-state index in [9.17, 15) is 5.11 Å². The minimum atomic E-state index is 0.0994. The molecule has 0 amide bonds. The molecule has 1 heterocycles. The molecule has 1 saturated heterocycles. The minimum Gasteiger partial charge on any atom is -0.494 e. The quantitative estimate of drug-likeness (QED) is 0.815. The average molecular weight is 264 g/mol. The van der Waals surface area contributed by atoms with Gasteiger partial charge in [0.25, 0.3) is 0 Å². The zero-order chi connectivity index (χ0) is 13.5. The molecule has 1 fully saturated rings. The zero-order valence-electron chi connectivity index (χ0n) is 11.6. The van der Waals surface area contributed by atoms with Crippen LogP contribution in [0.3, 0.4) is 0 Å². The largest absolute Gasteiger partial charge is 0.494 e. The highest BCUT2D eigenvalue weighted by Gasteiger charge is 2.21. The number of piperazine rings is 1. The Kier molecular flexibility index (Phi) is 5.63. The summed E-state index contributed by atoms with van der Waals surface area (Å²) in [5, 5.41) is 13.0. The van der Waals surface area contributed by atoms with Crippen LogP contribution in [0.4, 0.5) is 0 Å². The Morgan fingerprint density at radius 1 is 1.26 bits per heavy atom. The van der Waals surface area contributed by atoms with E-state index in [2.05, 4.69) is 29.3 Å². The normalized spacial score (nSPS) is 18.2. The second-order valence-corrected chi connectivity index (χ2v) is 4.90. The van der Waals surface area contributed by atoms with Crippen molar-refractivity contribution >= 4 is 0 Å². The lowest BCUT2D eigenvalue weighted by Crippen LogP contribution is -2.46. The van der Waals surface area contributed by atoms with Crippen LogP contribution in [0, 0.1) is 0 Å². The van der Waals surface area contributed by atoms with Crippen molar-refractivity contribution in [1.29, 1.82) is 0 Å². The lowest BCUT2D eigenvalue weighted by Gasteiger charge is -2.34. The van der Waals surface area contributed by atoms with Gasteiger partial charge in [-0.15, -0.1) is 0 Å². The first-order chi connectivity index (χ1) is 9.35. The van der Waals surface area contributed by atoms with Gasteiger partial charge < -0.3 is 15.2 Å². The van der Waals surface area contributed by atoms with Gasteiger partial charge in [-0.05, 0) is 24.1 Å². The third-order valence-corrected chi connectivity index (χ3v) is 3.50. The summed E-state index contributed by atoms with van der Waals surface area (Å²) in [7, 11) is 0. The predicted molar refractivity (Wildman–Crippen MR) is 76.5 cm³/mol. The lowest BCUT2D eigenvalue weighted by molar-refractivity contribution is 0.111. The molecule has 1 aliphatic rings. The van der Waals surface area contributed by atoms with Gasteiger partial charge in [0.15, 0.2) is 0 Å². The fourth-order valence-electron chi connectivity index (χ4n) is 2.43. The van der Waals surface area contributed by atoms with Gasteiger partial charge in [0.1, 0.15) is 5.75 Å². The van der Waals surface area contributed by atoms with E-state index in [1.54, 1.807) is 0 Å². The van der Waals surface area contributed by atoms with Crippen LogP contribution in [0.1, 0.15) is 24.9 Å². The molecular formula is C15H24N2O2. The van der Waals surface area contributed by atoms with Gasteiger partial charge in [-0.2, -0.15) is 0 Å². The number of ether oxygens (including phenoxy) is 1. The molecule has 0 spiro atoms. The number of hydrogen-bond donors (Lipinski definition) is 2. The molecule has 0 aromatic heterocycles. The van der Waals surface area contributed by atoms with Crippen LogP contribution >= 0.6 is 0 Å². The van der Waals surface area contributed by atoms with Crippen LogP contribution in [0.25, 0.3) is 0 Å². The van der Waals surface area contributed by atoms with Gasteiger partial charge in [-0.3, -0.25) is 4.90 Å². The van der Waals surface area contributed by atoms with Crippen LogP contribution in [0.15, 0.2) is 24.3 Å². The monoisotopic (exact) mass is 264 g/mol. The molecule has 19 heavy (non-hydrogen) atoms. The molecule has 4 nitrogen and oxygen atoms in total. The maximum absolute atomic E-state index is 9.65. The van der Waals surface area contributed by atoms with Gasteiger partial charge in [0, 0.05) is 26.2 Å². The van der Waals surface area contributed by atoms with E-state index in [1.165, 1.54) is 0 Å². The van der Waals surface area contributed by atoms with Gasteiger partial charge in [0.05, 0.1) is 19.3 Å². The molecule has 0 aliphatic carbocycles. The molecule has 0 bridgehead atoms. The number of hydrogen-bond acceptors (Lipinski definition) is 4. The summed E-state index contributed by atoms with van der Waals surface area (Å²) in [5.74, 6) is 0.905. The number of nitrogens with zero attached hydrogens (tertiary/aromatic N) is 1. The van der Waals surface area contributed by atoms with Crippen LogP contribution in [0.5, 0.6) is 5.75 Å². The topological polar surface area (TPSA) is 44.7 Å². The third kappa shape index (κ3) is 3.93. The molecule has 0 radical (unpaired) electrons. The van der Waals surface area contributed by atoms with Gasteiger partial charge in [-0.25, -0.2) is 0 Å². The fourth-order valence-corrected chi connectivity index (χ4v) is 2.43. The molecule has 2 rings (SSSR count). The summed E-state index contributed by atoms with van der Waals surface area (Å²) in [6.45, 7) is 6.97. The van der Waals surface area contributed by atoms with Crippen molar-refractivity contribution in [2.75, 3.05) is 39.4 Å². The van der Waals surface area contributed by atoms with Crippen molar-refractivity contribution in [2.24, 2.45) is 0 Å². The highest BCUT2D eigenvalue weighted by atomic mass is 16.5. The van der Waals surface area contributed by atoms with E-state index in [0.29, 0.717) is 0 Å². The van der Waals surface area contributed by atoms with Gasteiger partial charge >= 0.3 is 0 Å². The van der Waals surface area contributed by atoms with E-state index in [1.807, 2.05) is 12.1 Å². The molecule has 2 N–H and O–H groups in total. The van der Waals surface area contributed by atoms with Crippen LogP contribution < -0.4 is 10.1 Å². The molecule has 1 aromatic rings. The summed E-state index contributed by atoms with van der Waals surface area (Å²) in [4.78, 5) is 2.33. The summed E-state index contributed by atoms with van der Waals surface area (Å²) in [6.07, 6.45) is 1.02. The first kappa shape index (κ1) is 14.3. The molecule has 1 atom stereocenters. The van der Waals surface area contributed by atoms with E-state index >= 15 is 0 Å². The number of benzene rings is 1. The Balaban J connectivity index is 2.01. The van der Waals surface area contributed by atoms with Crippen molar-refractivity contribution in [1.82, 2.24) is 10.2 Å². The van der Waals surface area contributed by atoms with Crippen molar-refractivity contribution in [3.05, 3.63) is 29.8 Å². The van der Waals surface area contributed by atoms with Crippen molar-refractivity contribution in [3.8, 4) is 5.75 Å². The second-order valence-electron chi connectivity index (χ2n) is 4.90. The number of aliphatic hydroxyl groups excluding tert-OH is 1. The highest BCUT2D eigenvalue weighted by molar-refractivity contribution is 5.29. The Morgan fingerprint density at radius 2 is 1.95 bits per heavy atom. The van der Waals surface area contributed by atoms with E-state index < -0.39 is 0 Å². The first-order valence-electron chi connectivity index (χ1n) is 7.13. The van der Waals surface area contributed by atoms with E-state index in [4.69, 9.17) is 4.74 Å². The van der Waals surface area contributed by atoms with Crippen molar-refractivity contribution in [3.63, 3.8) is 0 Å². The van der Waals surface area contributed by atoms with Crippen molar-refractivity contribution < 1.29 is 9.84 Å². The molecule has 4 heteroatoms. The molecule has 106 valence electrons. The maximum Gasteiger partial charge on any atom is 0.119 e. The lowest BCUT2D eigenvalue weighted by atomic mass is 10.1. The Hall–Kier alpha value is -1.10. The summed E-state index contributed by atoms with van der Waals surface area (Å²) in [6, 6.07) is 8.22. The highest BCUT2D eigenvalue weighted by Crippen LogP contribution is 2.23. The Morgan fingerprint density at radius 3 is 2.53 bits per heavy atom. The first-order valence-corrected chi connectivity index (χ1v) is 7.13. The summed E-state index contributed by atoms with van der Waals surface area (Å²) < 4.78 is 5.58. The summed E-state index contributed by atoms with van der Waals surface area (Å²) in [5.41, 5.74) is 1.16. The minimum absolute atomic E-state index is 0.0994. The van der Waals surface area contributed by atoms with E-state index in [0.717, 1.165) is 50.5 Å². The molecular weight excluding hydrogens is 240 g/mol. The number of aliphatic hydroxyl groups is 1. The number of rotatable bonds is 6. The second kappa shape index (κ2) is 7.48. The van der Waals surface area contributed by atoms with Crippen molar-refractivity contribution in [2.45, 2.75) is 19.4 Å². The van der Waals surface area contributed by atoms with Gasteiger partial charge in [-0.1, -0.05) is 19.1 Å². The maximum atomic E-state index is 9.65. The molecule has 1 aromatic carbocycles. The standard InChI is InChI=1S/C15H24N2O2/c1-2-11-19-14-5-3-13(4-6-14)15(12-18)17-9-7-16-8-10-17/h3-6,15-16,18H,2,7-12H2,1H3.